The van der Waals surface area contributed by atoms with Crippen LogP contribution in [0.2, 0.25) is 0 Å². The molecule has 4 unspecified atom stereocenters. The van der Waals surface area contributed by atoms with Gasteiger partial charge in [0.05, 0.1) is 12.5 Å². The van der Waals surface area contributed by atoms with Gasteiger partial charge in [0.25, 0.3) is 0 Å². The standard InChI is InChI=1S/C13H16F2O7S/c14-13(15,23(18,19)20)11(17)21-6-12-3-7-1-8(4-12)10(16)22-9(2-7)5-12/h7-9H,1-6H2,(H,18,19,20). The molecule has 4 aliphatic rings. The van der Waals surface area contributed by atoms with Crippen molar-refractivity contribution in [2.45, 2.75) is 43.5 Å². The van der Waals surface area contributed by atoms with Gasteiger partial charge in [0.2, 0.25) is 0 Å². The Morgan fingerprint density at radius 3 is 2.70 bits per heavy atom. The van der Waals surface area contributed by atoms with E-state index < -0.39 is 33.4 Å². The molecule has 130 valence electrons. The molecular formula is C13H16F2O7S. The van der Waals surface area contributed by atoms with Crippen molar-refractivity contribution in [3.05, 3.63) is 0 Å². The fourth-order valence-electron chi connectivity index (χ4n) is 4.19. The molecule has 4 atom stereocenters. The molecule has 0 aromatic heterocycles. The molecule has 0 aromatic carbocycles. The fourth-order valence-corrected chi connectivity index (χ4v) is 4.46. The first kappa shape index (κ1) is 16.6. The Morgan fingerprint density at radius 2 is 2.04 bits per heavy atom. The van der Waals surface area contributed by atoms with Crippen LogP contribution in [0.5, 0.6) is 0 Å². The number of alkyl halides is 2. The first-order valence-electron chi connectivity index (χ1n) is 7.25. The lowest BCUT2D eigenvalue weighted by Gasteiger charge is -2.45. The van der Waals surface area contributed by atoms with Crippen molar-refractivity contribution in [3.8, 4) is 0 Å². The summed E-state index contributed by atoms with van der Waals surface area (Å²) in [6.45, 7) is -0.420. The lowest BCUT2D eigenvalue weighted by Crippen LogP contribution is -2.45. The molecule has 10 heteroatoms. The van der Waals surface area contributed by atoms with E-state index in [1.54, 1.807) is 0 Å². The molecule has 2 aliphatic carbocycles. The van der Waals surface area contributed by atoms with E-state index >= 15 is 0 Å². The Kier molecular flexibility index (Phi) is 3.67. The lowest BCUT2D eigenvalue weighted by atomic mass is 9.59. The van der Waals surface area contributed by atoms with Gasteiger partial charge in [-0.25, -0.2) is 4.79 Å². The molecule has 2 aliphatic heterocycles. The zero-order chi connectivity index (χ0) is 17.0. The van der Waals surface area contributed by atoms with Crippen molar-refractivity contribution in [2.75, 3.05) is 6.61 Å². The first-order chi connectivity index (χ1) is 10.5. The van der Waals surface area contributed by atoms with Crippen molar-refractivity contribution in [1.29, 1.82) is 0 Å². The zero-order valence-corrected chi connectivity index (χ0v) is 12.9. The summed E-state index contributed by atoms with van der Waals surface area (Å²) >= 11 is 0. The molecule has 0 radical (unpaired) electrons. The van der Waals surface area contributed by atoms with Gasteiger partial charge >= 0.3 is 27.3 Å². The Labute approximate surface area is 131 Å². The molecule has 2 heterocycles. The third-order valence-corrected chi connectivity index (χ3v) is 5.78. The first-order valence-corrected chi connectivity index (χ1v) is 8.69. The Balaban J connectivity index is 1.73. The number of rotatable bonds is 4. The minimum absolute atomic E-state index is 0.194. The summed E-state index contributed by atoms with van der Waals surface area (Å²) in [5.41, 5.74) is -0.659. The van der Waals surface area contributed by atoms with E-state index in [1.165, 1.54) is 0 Å². The van der Waals surface area contributed by atoms with E-state index in [2.05, 4.69) is 4.74 Å². The third kappa shape index (κ3) is 2.82. The molecule has 2 saturated heterocycles. The number of fused-ring (bicyclic) bond motifs is 1. The van der Waals surface area contributed by atoms with E-state index in [-0.39, 0.29) is 23.9 Å². The highest BCUT2D eigenvalue weighted by molar-refractivity contribution is 7.87. The van der Waals surface area contributed by atoms with Gasteiger partial charge in [-0.15, -0.1) is 0 Å². The number of carbonyl (C=O) groups is 2. The SMILES string of the molecule is O=C1OC2CC3CC1CC(COC(=O)C(F)(F)S(=O)(=O)O)(C3)C2. The predicted molar refractivity (Wildman–Crippen MR) is 69.8 cm³/mol. The Morgan fingerprint density at radius 1 is 1.35 bits per heavy atom. The van der Waals surface area contributed by atoms with E-state index in [4.69, 9.17) is 9.29 Å². The van der Waals surface area contributed by atoms with Crippen LogP contribution in [0.15, 0.2) is 0 Å². The van der Waals surface area contributed by atoms with Crippen molar-refractivity contribution in [1.82, 2.24) is 0 Å². The maximum Gasteiger partial charge on any atom is 0.465 e. The molecule has 4 bridgehead atoms. The molecule has 0 amide bonds. The molecular weight excluding hydrogens is 338 g/mol. The normalized spacial score (nSPS) is 36.5. The van der Waals surface area contributed by atoms with Gasteiger partial charge in [0, 0.05) is 5.41 Å². The fraction of sp³-hybridized carbons (Fsp3) is 0.846. The molecule has 7 nitrogen and oxygen atoms in total. The van der Waals surface area contributed by atoms with E-state index in [0.29, 0.717) is 32.1 Å². The Bertz CT molecular complexity index is 647. The highest BCUT2D eigenvalue weighted by Crippen LogP contribution is 2.54. The maximum atomic E-state index is 13.2. The quantitative estimate of drug-likeness (QED) is 0.596. The van der Waals surface area contributed by atoms with Crippen LogP contribution >= 0.6 is 0 Å². The number of carbonyl (C=O) groups excluding carboxylic acids is 2. The van der Waals surface area contributed by atoms with Crippen LogP contribution in [0.4, 0.5) is 8.78 Å². The van der Waals surface area contributed by atoms with Crippen LogP contribution < -0.4 is 0 Å². The summed E-state index contributed by atoms with van der Waals surface area (Å²) < 4.78 is 65.8. The van der Waals surface area contributed by atoms with Crippen LogP contribution in [-0.4, -0.2) is 42.9 Å². The summed E-state index contributed by atoms with van der Waals surface area (Å²) in [6.07, 6.45) is 2.43. The number of esters is 2. The summed E-state index contributed by atoms with van der Waals surface area (Å²) in [6, 6.07) is 0. The second-order valence-corrected chi connectivity index (χ2v) is 8.24. The summed E-state index contributed by atoms with van der Waals surface area (Å²) in [5.74, 6) is -2.77. The van der Waals surface area contributed by atoms with Crippen LogP contribution in [0.25, 0.3) is 0 Å². The molecule has 0 aromatic rings. The van der Waals surface area contributed by atoms with E-state index in [0.717, 1.165) is 0 Å². The second-order valence-electron chi connectivity index (χ2n) is 6.77. The molecule has 2 saturated carbocycles. The Hall–Kier alpha value is -1.29. The van der Waals surface area contributed by atoms with Crippen molar-refractivity contribution in [2.24, 2.45) is 17.3 Å². The molecule has 1 N–H and O–H groups in total. The molecule has 23 heavy (non-hydrogen) atoms. The van der Waals surface area contributed by atoms with Gasteiger partial charge in [-0.05, 0) is 38.0 Å². The third-order valence-electron chi connectivity index (χ3n) is 4.96. The van der Waals surface area contributed by atoms with E-state index in [1.807, 2.05) is 0 Å². The van der Waals surface area contributed by atoms with Crippen LogP contribution in [0.3, 0.4) is 0 Å². The smallest absolute Gasteiger partial charge is 0.462 e. The average molecular weight is 354 g/mol. The number of halogens is 2. The van der Waals surface area contributed by atoms with Gasteiger partial charge in [0.1, 0.15) is 6.10 Å². The number of ether oxygens (including phenoxy) is 2. The monoisotopic (exact) mass is 354 g/mol. The van der Waals surface area contributed by atoms with Crippen molar-refractivity contribution >= 4 is 22.1 Å². The zero-order valence-electron chi connectivity index (χ0n) is 12.0. The van der Waals surface area contributed by atoms with Crippen LogP contribution in [0.1, 0.15) is 32.1 Å². The van der Waals surface area contributed by atoms with Crippen LogP contribution in [0, 0.1) is 17.3 Å². The van der Waals surface area contributed by atoms with Gasteiger partial charge < -0.3 is 9.47 Å². The highest BCUT2D eigenvalue weighted by atomic mass is 32.2. The van der Waals surface area contributed by atoms with Gasteiger partial charge in [-0.2, -0.15) is 17.2 Å². The maximum absolute atomic E-state index is 13.2. The van der Waals surface area contributed by atoms with Gasteiger partial charge in [-0.1, -0.05) is 0 Å². The predicted octanol–water partition coefficient (Wildman–Crippen LogP) is 1.13. The largest absolute Gasteiger partial charge is 0.465 e. The molecule has 0 spiro atoms. The molecule has 4 rings (SSSR count). The minimum atomic E-state index is -5.88. The lowest BCUT2D eigenvalue weighted by molar-refractivity contribution is -0.168. The average Bonchev–Trinajstić information content (AvgIpc) is 2.57. The van der Waals surface area contributed by atoms with Gasteiger partial charge in [-0.3, -0.25) is 9.35 Å². The number of hydrogen-bond donors (Lipinski definition) is 1. The van der Waals surface area contributed by atoms with Gasteiger partial charge in [0.15, 0.2) is 0 Å². The summed E-state index contributed by atoms with van der Waals surface area (Å²) in [7, 11) is -5.88. The minimum Gasteiger partial charge on any atom is -0.462 e. The summed E-state index contributed by atoms with van der Waals surface area (Å²) in [4.78, 5) is 23.2. The van der Waals surface area contributed by atoms with Crippen LogP contribution in [-0.2, 0) is 29.2 Å². The number of hydrogen-bond acceptors (Lipinski definition) is 6. The van der Waals surface area contributed by atoms with Crippen molar-refractivity contribution in [3.63, 3.8) is 0 Å². The second kappa shape index (κ2) is 5.10. The topological polar surface area (TPSA) is 107 Å². The van der Waals surface area contributed by atoms with E-state index in [9.17, 15) is 26.8 Å². The summed E-state index contributed by atoms with van der Waals surface area (Å²) in [5, 5.41) is -5.00. The van der Waals surface area contributed by atoms with Crippen molar-refractivity contribution < 1.29 is 40.8 Å². The molecule has 4 fully saturated rings. The highest BCUT2D eigenvalue weighted by Gasteiger charge is 2.57.